The van der Waals surface area contributed by atoms with Crippen LogP contribution in [0, 0.1) is 23.2 Å². The molecule has 0 heterocycles. The molecule has 0 aromatic rings. The van der Waals surface area contributed by atoms with E-state index in [9.17, 15) is 9.59 Å². The zero-order valence-corrected chi connectivity index (χ0v) is 13.0. The van der Waals surface area contributed by atoms with Gasteiger partial charge in [-0.05, 0) is 19.8 Å². The summed E-state index contributed by atoms with van der Waals surface area (Å²) in [4.78, 5) is 25.5. The first-order chi connectivity index (χ1) is 10.6. The van der Waals surface area contributed by atoms with Crippen molar-refractivity contribution in [3.05, 3.63) is 48.6 Å². The van der Waals surface area contributed by atoms with Crippen molar-refractivity contribution < 1.29 is 14.3 Å². The highest BCUT2D eigenvalue weighted by molar-refractivity contribution is 6.10. The highest BCUT2D eigenvalue weighted by atomic mass is 16.5. The van der Waals surface area contributed by atoms with E-state index >= 15 is 0 Å². The van der Waals surface area contributed by atoms with E-state index in [1.165, 1.54) is 11.1 Å². The molecule has 0 spiro atoms. The van der Waals surface area contributed by atoms with Gasteiger partial charge in [-0.2, -0.15) is 0 Å². The lowest BCUT2D eigenvalue weighted by Gasteiger charge is -2.14. The summed E-state index contributed by atoms with van der Waals surface area (Å²) in [6, 6.07) is 0. The van der Waals surface area contributed by atoms with E-state index in [2.05, 4.69) is 25.3 Å². The number of allylic oxidation sites excluding steroid dienone is 6. The van der Waals surface area contributed by atoms with Crippen LogP contribution in [0.15, 0.2) is 48.6 Å². The first-order valence-corrected chi connectivity index (χ1v) is 7.94. The standard InChI is InChI=1S/C19H22O3/c1-4-7-13-9-12-10-14(8-5-2)17-16(13)19(17,15(20)11-12)18(21)22-6-3/h4-5,9-10,12,16-17H,1-2,6-8,11H2,3H3. The van der Waals surface area contributed by atoms with Crippen molar-refractivity contribution in [3.8, 4) is 0 Å². The molecule has 4 aliphatic carbocycles. The number of fused-ring (bicyclic) bond motifs is 1. The van der Waals surface area contributed by atoms with Gasteiger partial charge in [-0.15, -0.1) is 13.2 Å². The molecule has 1 saturated carbocycles. The molecule has 0 saturated heterocycles. The predicted octanol–water partition coefficient (Wildman–Crippen LogP) is 3.39. The second kappa shape index (κ2) is 5.38. The van der Waals surface area contributed by atoms with E-state index in [-0.39, 0.29) is 29.5 Å². The van der Waals surface area contributed by atoms with Gasteiger partial charge in [-0.1, -0.05) is 35.5 Å². The van der Waals surface area contributed by atoms with Crippen molar-refractivity contribution in [1.82, 2.24) is 0 Å². The number of ketones is 1. The van der Waals surface area contributed by atoms with Crippen LogP contribution in [0.3, 0.4) is 0 Å². The molecule has 0 radical (unpaired) electrons. The fourth-order valence-corrected chi connectivity index (χ4v) is 4.40. The molecule has 0 amide bonds. The van der Waals surface area contributed by atoms with Crippen LogP contribution < -0.4 is 0 Å². The van der Waals surface area contributed by atoms with E-state index < -0.39 is 5.41 Å². The Balaban J connectivity index is 2.09. The highest BCUT2D eigenvalue weighted by Crippen LogP contribution is 2.70. The van der Waals surface area contributed by atoms with E-state index in [0.717, 1.165) is 12.8 Å². The Labute approximate surface area is 131 Å². The fraction of sp³-hybridized carbons (Fsp3) is 0.474. The van der Waals surface area contributed by atoms with Gasteiger partial charge in [-0.3, -0.25) is 9.59 Å². The summed E-state index contributed by atoms with van der Waals surface area (Å²) in [5.41, 5.74) is 1.35. The molecule has 3 nitrogen and oxygen atoms in total. The van der Waals surface area contributed by atoms with Gasteiger partial charge < -0.3 is 4.74 Å². The van der Waals surface area contributed by atoms with Crippen LogP contribution in [0.5, 0.6) is 0 Å². The molecule has 2 unspecified atom stereocenters. The number of esters is 1. The molecule has 116 valence electrons. The van der Waals surface area contributed by atoms with Crippen molar-refractivity contribution in [2.75, 3.05) is 6.61 Å². The first-order valence-electron chi connectivity index (χ1n) is 7.94. The molecule has 22 heavy (non-hydrogen) atoms. The van der Waals surface area contributed by atoms with Gasteiger partial charge in [0.05, 0.1) is 6.61 Å². The fourth-order valence-electron chi connectivity index (χ4n) is 4.40. The monoisotopic (exact) mass is 298 g/mol. The van der Waals surface area contributed by atoms with Crippen LogP contribution in [0.2, 0.25) is 0 Å². The quantitative estimate of drug-likeness (QED) is 0.429. The zero-order valence-electron chi connectivity index (χ0n) is 13.0. The maximum atomic E-state index is 12.8. The SMILES string of the molecule is C=CCC1=CC2C=C(CC=C)C3C1C3(C(=O)OCC)C(=O)C2. The molecular formula is C19H22O3. The van der Waals surface area contributed by atoms with Crippen molar-refractivity contribution in [2.45, 2.75) is 26.2 Å². The van der Waals surface area contributed by atoms with Gasteiger partial charge in [0.1, 0.15) is 5.41 Å². The molecule has 3 heteroatoms. The van der Waals surface area contributed by atoms with Crippen LogP contribution in [-0.4, -0.2) is 18.4 Å². The van der Waals surface area contributed by atoms with Gasteiger partial charge >= 0.3 is 5.97 Å². The van der Waals surface area contributed by atoms with Crippen molar-refractivity contribution >= 4 is 11.8 Å². The second-order valence-electron chi connectivity index (χ2n) is 6.30. The molecule has 0 aromatic heterocycles. The molecular weight excluding hydrogens is 276 g/mol. The van der Waals surface area contributed by atoms with Crippen LogP contribution in [-0.2, 0) is 14.3 Å². The first kappa shape index (κ1) is 15.0. The summed E-state index contributed by atoms with van der Waals surface area (Å²) < 4.78 is 5.29. The smallest absolute Gasteiger partial charge is 0.320 e. The van der Waals surface area contributed by atoms with Crippen LogP contribution >= 0.6 is 0 Å². The Morgan fingerprint density at radius 3 is 2.27 bits per heavy atom. The van der Waals surface area contributed by atoms with Gasteiger partial charge in [0.15, 0.2) is 5.78 Å². The van der Waals surface area contributed by atoms with E-state index in [4.69, 9.17) is 4.74 Å². The third-order valence-electron chi connectivity index (χ3n) is 5.12. The molecule has 4 bridgehead atoms. The minimum absolute atomic E-state index is 0.0385. The number of hydrogen-bond acceptors (Lipinski definition) is 3. The van der Waals surface area contributed by atoms with Gasteiger partial charge in [0.2, 0.25) is 0 Å². The second-order valence-corrected chi connectivity index (χ2v) is 6.30. The molecule has 4 rings (SSSR count). The topological polar surface area (TPSA) is 43.4 Å². The van der Waals surface area contributed by atoms with E-state index in [1.54, 1.807) is 6.92 Å². The highest BCUT2D eigenvalue weighted by Gasteiger charge is 2.77. The molecule has 0 aromatic carbocycles. The lowest BCUT2D eigenvalue weighted by Crippen LogP contribution is -2.31. The van der Waals surface area contributed by atoms with Crippen LogP contribution in [0.1, 0.15) is 26.2 Å². The number of hydrogen-bond donors (Lipinski definition) is 0. The van der Waals surface area contributed by atoms with E-state index in [0.29, 0.717) is 13.0 Å². The average Bonchev–Trinajstić information content (AvgIpc) is 3.20. The normalized spacial score (nSPS) is 35.0. The van der Waals surface area contributed by atoms with E-state index in [1.807, 2.05) is 12.2 Å². The van der Waals surface area contributed by atoms with Crippen LogP contribution in [0.25, 0.3) is 0 Å². The van der Waals surface area contributed by atoms with Crippen molar-refractivity contribution in [1.29, 1.82) is 0 Å². The predicted molar refractivity (Wildman–Crippen MR) is 85.0 cm³/mol. The van der Waals surface area contributed by atoms with Crippen LogP contribution in [0.4, 0.5) is 0 Å². The largest absolute Gasteiger partial charge is 0.465 e. The lowest BCUT2D eigenvalue weighted by molar-refractivity contribution is -0.154. The molecule has 0 aliphatic heterocycles. The van der Waals surface area contributed by atoms with Gasteiger partial charge in [0.25, 0.3) is 0 Å². The summed E-state index contributed by atoms with van der Waals surface area (Å²) >= 11 is 0. The number of Topliss-reactive ketones (excluding diaryl/α,β-unsaturated/α-hetero) is 1. The van der Waals surface area contributed by atoms with Crippen molar-refractivity contribution in [3.63, 3.8) is 0 Å². The van der Waals surface area contributed by atoms with Gasteiger partial charge in [0, 0.05) is 24.2 Å². The lowest BCUT2D eigenvalue weighted by atomic mass is 9.92. The number of carbonyl (C=O) groups is 2. The maximum absolute atomic E-state index is 12.8. The Bertz CT molecular complexity index is 574. The summed E-state index contributed by atoms with van der Waals surface area (Å²) in [5, 5.41) is 0. The molecule has 4 aliphatic rings. The number of rotatable bonds is 6. The Morgan fingerprint density at radius 1 is 1.27 bits per heavy atom. The Hall–Kier alpha value is -1.90. The molecule has 1 fully saturated rings. The van der Waals surface area contributed by atoms with Crippen molar-refractivity contribution in [2.24, 2.45) is 23.2 Å². The van der Waals surface area contributed by atoms with Gasteiger partial charge in [-0.25, -0.2) is 0 Å². The molecule has 0 N–H and O–H groups in total. The third kappa shape index (κ3) is 1.88. The summed E-state index contributed by atoms with van der Waals surface area (Å²) in [5.74, 6) is -0.311. The Morgan fingerprint density at radius 2 is 1.82 bits per heavy atom. The summed E-state index contributed by atoms with van der Waals surface area (Å²) in [6.45, 7) is 9.71. The minimum Gasteiger partial charge on any atom is -0.465 e. The third-order valence-corrected chi connectivity index (χ3v) is 5.12. The summed E-state index contributed by atoms with van der Waals surface area (Å²) in [7, 11) is 0. The number of carbonyl (C=O) groups excluding carboxylic acids is 2. The maximum Gasteiger partial charge on any atom is 0.320 e. The summed E-state index contributed by atoms with van der Waals surface area (Å²) in [6.07, 6.45) is 9.88. The average molecular weight is 298 g/mol. The number of ether oxygens (including phenoxy) is 1. The minimum atomic E-state index is -0.981. The zero-order chi connectivity index (χ0) is 15.9. The molecule has 2 atom stereocenters. The Kier molecular flexibility index (Phi) is 3.67.